The van der Waals surface area contributed by atoms with Gasteiger partial charge in [0.05, 0.1) is 12.5 Å². The third-order valence-electron chi connectivity index (χ3n) is 3.31. The van der Waals surface area contributed by atoms with Crippen molar-refractivity contribution in [3.05, 3.63) is 29.8 Å². The summed E-state index contributed by atoms with van der Waals surface area (Å²) >= 11 is 0. The Morgan fingerprint density at radius 3 is 2.71 bits per heavy atom. The van der Waals surface area contributed by atoms with Crippen molar-refractivity contribution >= 4 is 11.6 Å². The van der Waals surface area contributed by atoms with E-state index in [9.17, 15) is 4.79 Å². The van der Waals surface area contributed by atoms with E-state index in [0.29, 0.717) is 6.54 Å². The number of carbonyl (C=O) groups excluding carboxylic acids is 1. The molecule has 0 spiro atoms. The average molecular weight is 234 g/mol. The molecule has 1 saturated heterocycles. The van der Waals surface area contributed by atoms with Crippen molar-refractivity contribution in [1.82, 2.24) is 0 Å². The minimum Gasteiger partial charge on any atom is -0.392 e. The molecule has 1 aromatic carbocycles. The van der Waals surface area contributed by atoms with Gasteiger partial charge in [-0.2, -0.15) is 0 Å². The first-order valence-corrected chi connectivity index (χ1v) is 5.95. The first kappa shape index (κ1) is 11.9. The van der Waals surface area contributed by atoms with Crippen molar-refractivity contribution < 1.29 is 9.90 Å². The number of nitrogens with zero attached hydrogens (tertiary/aromatic N) is 1. The quantitative estimate of drug-likeness (QED) is 0.816. The van der Waals surface area contributed by atoms with Crippen LogP contribution >= 0.6 is 0 Å². The van der Waals surface area contributed by atoms with Gasteiger partial charge in [-0.1, -0.05) is 12.1 Å². The fraction of sp³-hybridized carbons (Fsp3) is 0.462. The monoisotopic (exact) mass is 234 g/mol. The summed E-state index contributed by atoms with van der Waals surface area (Å²) in [6, 6.07) is 7.77. The number of carbonyl (C=O) groups is 1. The molecule has 0 aliphatic carbocycles. The molecule has 1 aromatic rings. The molecule has 4 heteroatoms. The van der Waals surface area contributed by atoms with Crippen LogP contribution in [0.15, 0.2) is 24.3 Å². The molecule has 0 saturated carbocycles. The molecular formula is C13H18N2O2. The molecule has 1 aliphatic heterocycles. The number of primary amides is 1. The Kier molecular flexibility index (Phi) is 3.64. The predicted molar refractivity (Wildman–Crippen MR) is 66.5 cm³/mol. The van der Waals surface area contributed by atoms with Gasteiger partial charge < -0.3 is 15.7 Å². The molecule has 0 aromatic heterocycles. The van der Waals surface area contributed by atoms with Gasteiger partial charge in [0.1, 0.15) is 0 Å². The number of aliphatic hydroxyl groups excluding tert-OH is 1. The van der Waals surface area contributed by atoms with Crippen LogP contribution in [0.4, 0.5) is 5.69 Å². The first-order valence-electron chi connectivity index (χ1n) is 5.95. The lowest BCUT2D eigenvalue weighted by Crippen LogP contribution is -2.41. The number of rotatable bonds is 3. The average Bonchev–Trinajstić information content (AvgIpc) is 2.39. The Morgan fingerprint density at radius 2 is 2.12 bits per heavy atom. The van der Waals surface area contributed by atoms with Crippen LogP contribution in [0.25, 0.3) is 0 Å². The van der Waals surface area contributed by atoms with Gasteiger partial charge in [0.15, 0.2) is 0 Å². The Bertz CT molecular complexity index is 389. The summed E-state index contributed by atoms with van der Waals surface area (Å²) in [7, 11) is 0. The zero-order chi connectivity index (χ0) is 12.3. The van der Waals surface area contributed by atoms with E-state index in [-0.39, 0.29) is 18.4 Å². The van der Waals surface area contributed by atoms with Gasteiger partial charge in [-0.15, -0.1) is 0 Å². The fourth-order valence-electron chi connectivity index (χ4n) is 2.26. The summed E-state index contributed by atoms with van der Waals surface area (Å²) in [6.45, 7) is 1.72. The van der Waals surface area contributed by atoms with Crippen LogP contribution in [0.1, 0.15) is 18.4 Å². The molecule has 1 amide bonds. The van der Waals surface area contributed by atoms with Crippen LogP contribution in [0, 0.1) is 5.92 Å². The van der Waals surface area contributed by atoms with Crippen LogP contribution in [-0.4, -0.2) is 24.1 Å². The predicted octanol–water partition coefficient (Wildman–Crippen LogP) is 0.881. The molecule has 1 atom stereocenters. The van der Waals surface area contributed by atoms with Gasteiger partial charge in [0.2, 0.25) is 5.91 Å². The molecular weight excluding hydrogens is 216 g/mol. The Hall–Kier alpha value is -1.55. The Labute approximate surface area is 101 Å². The van der Waals surface area contributed by atoms with Crippen LogP contribution < -0.4 is 10.6 Å². The number of hydrogen-bond acceptors (Lipinski definition) is 3. The van der Waals surface area contributed by atoms with Crippen molar-refractivity contribution in [3.63, 3.8) is 0 Å². The van der Waals surface area contributed by atoms with E-state index in [1.54, 1.807) is 0 Å². The molecule has 92 valence electrons. The summed E-state index contributed by atoms with van der Waals surface area (Å²) in [6.07, 6.45) is 1.88. The summed E-state index contributed by atoms with van der Waals surface area (Å²) < 4.78 is 0. The number of amides is 1. The van der Waals surface area contributed by atoms with E-state index >= 15 is 0 Å². The lowest BCUT2D eigenvalue weighted by Gasteiger charge is -2.33. The minimum absolute atomic E-state index is 0.0405. The van der Waals surface area contributed by atoms with E-state index in [1.165, 1.54) is 0 Å². The number of hydrogen-bond donors (Lipinski definition) is 2. The number of aliphatic hydroxyl groups is 1. The van der Waals surface area contributed by atoms with Gasteiger partial charge in [-0.05, 0) is 30.5 Å². The molecule has 3 N–H and O–H groups in total. The molecule has 0 bridgehead atoms. The van der Waals surface area contributed by atoms with Crippen LogP contribution in [0.2, 0.25) is 0 Å². The SMILES string of the molecule is NC(=O)C1CCCN(c2ccc(CO)cc2)C1. The number of nitrogens with two attached hydrogens (primary N) is 1. The van der Waals surface area contributed by atoms with Gasteiger partial charge in [0.25, 0.3) is 0 Å². The molecule has 1 aliphatic rings. The second-order valence-electron chi connectivity index (χ2n) is 4.51. The largest absolute Gasteiger partial charge is 0.392 e. The maximum atomic E-state index is 11.2. The Balaban J connectivity index is 2.08. The summed E-state index contributed by atoms with van der Waals surface area (Å²) in [5.74, 6) is -0.247. The topological polar surface area (TPSA) is 66.6 Å². The van der Waals surface area contributed by atoms with Gasteiger partial charge >= 0.3 is 0 Å². The molecule has 4 nitrogen and oxygen atoms in total. The highest BCUT2D eigenvalue weighted by Crippen LogP contribution is 2.23. The minimum atomic E-state index is -0.207. The van der Waals surface area contributed by atoms with E-state index < -0.39 is 0 Å². The summed E-state index contributed by atoms with van der Waals surface area (Å²) in [5.41, 5.74) is 7.35. The summed E-state index contributed by atoms with van der Waals surface area (Å²) in [5, 5.41) is 8.98. The zero-order valence-electron chi connectivity index (χ0n) is 9.80. The molecule has 17 heavy (non-hydrogen) atoms. The van der Waals surface area contributed by atoms with E-state index in [4.69, 9.17) is 10.8 Å². The van der Waals surface area contributed by atoms with Gasteiger partial charge in [-0.25, -0.2) is 0 Å². The van der Waals surface area contributed by atoms with Crippen molar-refractivity contribution in [2.45, 2.75) is 19.4 Å². The second-order valence-corrected chi connectivity index (χ2v) is 4.51. The maximum Gasteiger partial charge on any atom is 0.222 e. The second kappa shape index (κ2) is 5.19. The van der Waals surface area contributed by atoms with Gasteiger partial charge in [0, 0.05) is 18.8 Å². The van der Waals surface area contributed by atoms with Crippen molar-refractivity contribution in [1.29, 1.82) is 0 Å². The van der Waals surface area contributed by atoms with Crippen molar-refractivity contribution in [2.24, 2.45) is 11.7 Å². The molecule has 2 rings (SSSR count). The highest BCUT2D eigenvalue weighted by Gasteiger charge is 2.23. The number of anilines is 1. The van der Waals surface area contributed by atoms with E-state index in [0.717, 1.165) is 30.6 Å². The number of benzene rings is 1. The lowest BCUT2D eigenvalue weighted by atomic mass is 9.97. The normalized spacial score (nSPS) is 20.3. The fourth-order valence-corrected chi connectivity index (χ4v) is 2.26. The van der Waals surface area contributed by atoms with Crippen molar-refractivity contribution in [2.75, 3.05) is 18.0 Å². The zero-order valence-corrected chi connectivity index (χ0v) is 9.80. The molecule has 1 fully saturated rings. The van der Waals surface area contributed by atoms with E-state index in [2.05, 4.69) is 4.90 Å². The molecule has 1 unspecified atom stereocenters. The maximum absolute atomic E-state index is 11.2. The standard InChI is InChI=1S/C13H18N2O2/c14-13(17)11-2-1-7-15(8-11)12-5-3-10(9-16)4-6-12/h3-6,11,16H,1-2,7-9H2,(H2,14,17). The smallest absolute Gasteiger partial charge is 0.222 e. The van der Waals surface area contributed by atoms with Crippen LogP contribution in [-0.2, 0) is 11.4 Å². The number of piperidine rings is 1. The summed E-state index contributed by atoms with van der Waals surface area (Å²) in [4.78, 5) is 13.4. The van der Waals surface area contributed by atoms with Gasteiger partial charge in [-0.3, -0.25) is 4.79 Å². The van der Waals surface area contributed by atoms with Crippen LogP contribution in [0.3, 0.4) is 0 Å². The van der Waals surface area contributed by atoms with Crippen LogP contribution in [0.5, 0.6) is 0 Å². The van der Waals surface area contributed by atoms with E-state index in [1.807, 2.05) is 24.3 Å². The molecule has 0 radical (unpaired) electrons. The first-order chi connectivity index (χ1) is 8.20. The molecule has 1 heterocycles. The third-order valence-corrected chi connectivity index (χ3v) is 3.31. The Morgan fingerprint density at radius 1 is 1.41 bits per heavy atom. The van der Waals surface area contributed by atoms with Crippen molar-refractivity contribution in [3.8, 4) is 0 Å². The highest BCUT2D eigenvalue weighted by molar-refractivity contribution is 5.77. The lowest BCUT2D eigenvalue weighted by molar-refractivity contribution is -0.122. The highest BCUT2D eigenvalue weighted by atomic mass is 16.3. The third kappa shape index (κ3) is 2.77.